The molecule has 0 aromatic heterocycles. The molecule has 1 unspecified atom stereocenters. The number of likely N-dealkylation sites (tertiary alicyclic amines) is 1. The molecule has 2 fully saturated rings. The first-order valence-corrected chi connectivity index (χ1v) is 13.4. The Labute approximate surface area is 225 Å². The van der Waals surface area contributed by atoms with Crippen LogP contribution in [0.25, 0.3) is 0 Å². The summed E-state index contributed by atoms with van der Waals surface area (Å²) >= 11 is 2.38. The Kier molecular flexibility index (Phi) is 7.90. The average molecular weight is 567 g/mol. The average Bonchev–Trinajstić information content (AvgIpc) is 3.41. The molecule has 15 heteroatoms. The number of likely N-dealkylation sites (N-methyl/N-ethyl adjacent to an activating group) is 1. The van der Waals surface area contributed by atoms with Crippen molar-refractivity contribution in [1.29, 1.82) is 0 Å². The molecular weight excluding hydrogens is 540 g/mol. The summed E-state index contributed by atoms with van der Waals surface area (Å²) in [5, 5.41) is 29.7. The zero-order valence-corrected chi connectivity index (χ0v) is 22.3. The van der Waals surface area contributed by atoms with Gasteiger partial charge in [0.05, 0.1) is 21.2 Å². The van der Waals surface area contributed by atoms with E-state index < -0.39 is 46.3 Å². The molecule has 4 rings (SSSR count). The number of carboxylic acid groups (broad SMARTS) is 1. The summed E-state index contributed by atoms with van der Waals surface area (Å²) in [5.41, 5.74) is 0.286. The van der Waals surface area contributed by atoms with Gasteiger partial charge in [0.1, 0.15) is 18.0 Å². The molecule has 5 atom stereocenters. The highest BCUT2D eigenvalue weighted by atomic mass is 32.2. The number of rotatable bonds is 8. The van der Waals surface area contributed by atoms with Gasteiger partial charge in [-0.3, -0.25) is 29.5 Å². The lowest BCUT2D eigenvalue weighted by atomic mass is 9.92. The highest BCUT2D eigenvalue weighted by Crippen LogP contribution is 2.55. The number of β-lactam (4-membered cyclic amide) rings is 1. The van der Waals surface area contributed by atoms with Gasteiger partial charge in [-0.15, -0.1) is 11.8 Å². The number of hydrogen-bond acceptors (Lipinski definition) is 10. The number of amides is 3. The number of carboxylic acids is 1. The first kappa shape index (κ1) is 27.7. The van der Waals surface area contributed by atoms with Gasteiger partial charge in [0.2, 0.25) is 11.8 Å². The maximum absolute atomic E-state index is 13.0. The lowest BCUT2D eigenvalue weighted by Gasteiger charge is -2.43. The van der Waals surface area contributed by atoms with Gasteiger partial charge in [-0.1, -0.05) is 11.8 Å². The Bertz CT molecular complexity index is 1200. The van der Waals surface area contributed by atoms with E-state index in [0.717, 1.165) is 0 Å². The summed E-state index contributed by atoms with van der Waals surface area (Å²) in [6.07, 6.45) is -1.43. The van der Waals surface area contributed by atoms with Crippen molar-refractivity contribution in [3.8, 4) is 0 Å². The molecule has 3 aliphatic heterocycles. The molecule has 0 bridgehead atoms. The molecule has 0 radical (unpaired) electrons. The minimum absolute atomic E-state index is 0.0952. The Balaban J connectivity index is 1.47. The third kappa shape index (κ3) is 5.17. The van der Waals surface area contributed by atoms with Crippen molar-refractivity contribution < 1.29 is 39.1 Å². The number of nitro groups is 1. The number of carbonyl (C=O) groups is 4. The van der Waals surface area contributed by atoms with E-state index in [9.17, 15) is 39.5 Å². The fourth-order valence-electron chi connectivity index (χ4n) is 4.54. The number of aliphatic carboxylic acids is 1. The Morgan fingerprint density at radius 2 is 1.95 bits per heavy atom. The zero-order valence-electron chi connectivity index (χ0n) is 20.7. The number of ether oxygens (including phenoxy) is 1. The van der Waals surface area contributed by atoms with Gasteiger partial charge >= 0.3 is 12.1 Å². The van der Waals surface area contributed by atoms with E-state index in [1.54, 1.807) is 14.1 Å². The number of hydrogen-bond donors (Lipinski definition) is 2. The van der Waals surface area contributed by atoms with Crippen molar-refractivity contribution in [3.63, 3.8) is 0 Å². The van der Waals surface area contributed by atoms with Crippen LogP contribution in [0.2, 0.25) is 0 Å². The summed E-state index contributed by atoms with van der Waals surface area (Å²) in [6, 6.07) is 4.70. The SMILES string of the molecule is CC(O)[C@H]1C(=O)N2C(C(=O)O)=C(S[C@@H]3C[C@H](C(=O)N(C)C)N(C(=O)OCc4ccc([N+](=O)[O-])cc4)C3)S[C@H]12. The standard InChI is InChI=1S/C23H26N4O9S2/c1-11(28)16-19(30)26-17(21(31)32)22(38-20(16)26)37-14-8-15(18(29)24(2)3)25(9-14)23(33)36-10-12-4-6-13(7-5-12)27(34)35/h4-7,11,14-16,20,28H,8-10H2,1-3H3,(H,31,32)/t11?,14-,15-,16+,20-/m1/s1. The Hall–Kier alpha value is -3.30. The maximum Gasteiger partial charge on any atom is 0.410 e. The zero-order chi connectivity index (χ0) is 27.9. The van der Waals surface area contributed by atoms with Crippen molar-refractivity contribution in [2.75, 3.05) is 20.6 Å². The van der Waals surface area contributed by atoms with Crippen LogP contribution in [0.5, 0.6) is 0 Å². The molecule has 3 heterocycles. The summed E-state index contributed by atoms with van der Waals surface area (Å²) in [5.74, 6) is -2.74. The number of nitrogens with zero attached hydrogens (tertiary/aromatic N) is 4. The van der Waals surface area contributed by atoms with Crippen molar-refractivity contribution in [1.82, 2.24) is 14.7 Å². The van der Waals surface area contributed by atoms with Gasteiger partial charge in [0, 0.05) is 38.0 Å². The highest BCUT2D eigenvalue weighted by molar-refractivity contribution is 8.23. The van der Waals surface area contributed by atoms with Gasteiger partial charge in [0.15, 0.2) is 5.70 Å². The molecule has 1 aromatic rings. The largest absolute Gasteiger partial charge is 0.477 e. The van der Waals surface area contributed by atoms with Crippen LogP contribution in [-0.4, -0.2) is 97.1 Å². The van der Waals surface area contributed by atoms with Crippen molar-refractivity contribution in [2.45, 2.75) is 42.7 Å². The second-order valence-corrected chi connectivity index (χ2v) is 12.0. The van der Waals surface area contributed by atoms with Crippen LogP contribution in [0.4, 0.5) is 10.5 Å². The number of non-ortho nitro benzene ring substituents is 1. The summed E-state index contributed by atoms with van der Waals surface area (Å²) < 4.78 is 5.78. The number of nitro benzene ring substituents is 1. The van der Waals surface area contributed by atoms with Crippen molar-refractivity contribution in [2.24, 2.45) is 5.92 Å². The van der Waals surface area contributed by atoms with Gasteiger partial charge in [-0.05, 0) is 31.0 Å². The van der Waals surface area contributed by atoms with E-state index in [-0.39, 0.29) is 42.1 Å². The molecule has 0 saturated carbocycles. The van der Waals surface area contributed by atoms with E-state index >= 15 is 0 Å². The minimum Gasteiger partial charge on any atom is -0.477 e. The molecule has 3 aliphatic rings. The van der Waals surface area contributed by atoms with E-state index in [1.165, 1.54) is 69.4 Å². The normalized spacial score (nSPS) is 25.1. The van der Waals surface area contributed by atoms with Crippen LogP contribution < -0.4 is 0 Å². The van der Waals surface area contributed by atoms with Crippen LogP contribution in [0.3, 0.4) is 0 Å². The highest BCUT2D eigenvalue weighted by Gasteiger charge is 2.58. The quantitative estimate of drug-likeness (QED) is 0.266. The second kappa shape index (κ2) is 10.8. The molecule has 3 amide bonds. The summed E-state index contributed by atoms with van der Waals surface area (Å²) in [4.78, 5) is 64.5. The van der Waals surface area contributed by atoms with E-state index in [4.69, 9.17) is 4.74 Å². The minimum atomic E-state index is -1.27. The number of aliphatic hydroxyl groups is 1. The molecule has 2 saturated heterocycles. The predicted molar refractivity (Wildman–Crippen MR) is 137 cm³/mol. The molecule has 204 valence electrons. The molecule has 38 heavy (non-hydrogen) atoms. The van der Waals surface area contributed by atoms with Gasteiger partial charge in [-0.25, -0.2) is 9.59 Å². The first-order valence-electron chi connectivity index (χ1n) is 11.6. The summed E-state index contributed by atoms with van der Waals surface area (Å²) in [7, 11) is 3.13. The van der Waals surface area contributed by atoms with Crippen LogP contribution in [0, 0.1) is 16.0 Å². The van der Waals surface area contributed by atoms with Gasteiger partial charge in [0.25, 0.3) is 5.69 Å². The van der Waals surface area contributed by atoms with E-state index in [0.29, 0.717) is 9.80 Å². The van der Waals surface area contributed by atoms with E-state index in [2.05, 4.69) is 0 Å². The lowest BCUT2D eigenvalue weighted by Crippen LogP contribution is -2.60. The predicted octanol–water partition coefficient (Wildman–Crippen LogP) is 1.66. The van der Waals surface area contributed by atoms with Crippen LogP contribution in [0.15, 0.2) is 34.2 Å². The fourth-order valence-corrected chi connectivity index (χ4v) is 7.90. The lowest BCUT2D eigenvalue weighted by molar-refractivity contribution is -0.384. The molecule has 0 aliphatic carbocycles. The second-order valence-electron chi connectivity index (χ2n) is 9.28. The first-order chi connectivity index (χ1) is 17.9. The Morgan fingerprint density at radius 3 is 2.50 bits per heavy atom. The number of fused-ring (bicyclic) bond motifs is 1. The number of thioether (sulfide) groups is 2. The third-order valence-corrected chi connectivity index (χ3v) is 9.29. The fraction of sp³-hybridized carbons (Fsp3) is 0.478. The van der Waals surface area contributed by atoms with Gasteiger partial charge in [-0.2, -0.15) is 0 Å². The van der Waals surface area contributed by atoms with Crippen molar-refractivity contribution in [3.05, 3.63) is 49.9 Å². The summed E-state index contributed by atoms with van der Waals surface area (Å²) in [6.45, 7) is 1.43. The maximum atomic E-state index is 13.0. The topological polar surface area (TPSA) is 171 Å². The molecule has 2 N–H and O–H groups in total. The Morgan fingerprint density at radius 1 is 1.29 bits per heavy atom. The monoisotopic (exact) mass is 566 g/mol. The number of benzene rings is 1. The molecule has 13 nitrogen and oxygen atoms in total. The van der Waals surface area contributed by atoms with Crippen molar-refractivity contribution >= 4 is 53.1 Å². The molecule has 1 aromatic carbocycles. The number of carbonyl (C=O) groups excluding carboxylic acids is 3. The van der Waals surface area contributed by atoms with Gasteiger partial charge < -0.3 is 19.8 Å². The smallest absolute Gasteiger partial charge is 0.410 e. The third-order valence-electron chi connectivity index (χ3n) is 6.47. The molecular formula is C23H26N4O9S2. The van der Waals surface area contributed by atoms with E-state index in [1.807, 2.05) is 0 Å². The number of aliphatic hydroxyl groups excluding tert-OH is 1. The van der Waals surface area contributed by atoms with Crippen LogP contribution in [-0.2, 0) is 25.7 Å². The molecule has 0 spiro atoms. The van der Waals surface area contributed by atoms with Crippen LogP contribution >= 0.6 is 23.5 Å². The van der Waals surface area contributed by atoms with Crippen LogP contribution in [0.1, 0.15) is 18.9 Å².